The SMILES string of the molecule is Cc1ccc(OCCSc2nnc(C)n2-c2ccccc2)cc1. The third kappa shape index (κ3) is 3.93. The first kappa shape index (κ1) is 15.6. The van der Waals surface area contributed by atoms with Crippen molar-refractivity contribution in [1.29, 1.82) is 0 Å². The van der Waals surface area contributed by atoms with Crippen LogP contribution in [0.5, 0.6) is 5.75 Å². The molecule has 0 unspecified atom stereocenters. The van der Waals surface area contributed by atoms with Crippen molar-refractivity contribution in [3.63, 3.8) is 0 Å². The maximum absolute atomic E-state index is 5.76. The standard InChI is InChI=1S/C18H19N3OS/c1-14-8-10-17(11-9-14)22-12-13-23-18-20-19-15(2)21(18)16-6-4-3-5-7-16/h3-11H,12-13H2,1-2H3. The molecule has 0 bridgehead atoms. The first-order valence-corrected chi connectivity index (χ1v) is 8.52. The molecule has 5 heteroatoms. The lowest BCUT2D eigenvalue weighted by Gasteiger charge is -2.09. The van der Waals surface area contributed by atoms with E-state index in [0.717, 1.165) is 28.2 Å². The highest BCUT2D eigenvalue weighted by molar-refractivity contribution is 7.99. The van der Waals surface area contributed by atoms with Gasteiger partial charge in [0.15, 0.2) is 5.16 Å². The van der Waals surface area contributed by atoms with Gasteiger partial charge in [-0.25, -0.2) is 0 Å². The van der Waals surface area contributed by atoms with Crippen LogP contribution in [0.15, 0.2) is 59.8 Å². The molecule has 3 aromatic rings. The van der Waals surface area contributed by atoms with E-state index in [9.17, 15) is 0 Å². The van der Waals surface area contributed by atoms with Gasteiger partial charge >= 0.3 is 0 Å². The average Bonchev–Trinajstić information content (AvgIpc) is 2.95. The largest absolute Gasteiger partial charge is 0.493 e. The van der Waals surface area contributed by atoms with E-state index in [-0.39, 0.29) is 0 Å². The zero-order chi connectivity index (χ0) is 16.1. The minimum atomic E-state index is 0.633. The molecule has 1 aromatic heterocycles. The number of aryl methyl sites for hydroxylation is 2. The maximum Gasteiger partial charge on any atom is 0.195 e. The number of hydrogen-bond donors (Lipinski definition) is 0. The van der Waals surface area contributed by atoms with Crippen molar-refractivity contribution < 1.29 is 4.74 Å². The predicted molar refractivity (Wildman–Crippen MR) is 93.5 cm³/mol. The quantitative estimate of drug-likeness (QED) is 0.506. The molecule has 0 saturated heterocycles. The summed E-state index contributed by atoms with van der Waals surface area (Å²) in [5, 5.41) is 9.35. The van der Waals surface area contributed by atoms with Crippen LogP contribution in [0.25, 0.3) is 5.69 Å². The van der Waals surface area contributed by atoms with Crippen LogP contribution < -0.4 is 4.74 Å². The second-order valence-electron chi connectivity index (χ2n) is 5.21. The fourth-order valence-electron chi connectivity index (χ4n) is 2.24. The lowest BCUT2D eigenvalue weighted by atomic mass is 10.2. The summed E-state index contributed by atoms with van der Waals surface area (Å²) in [5.74, 6) is 2.61. The van der Waals surface area contributed by atoms with Gasteiger partial charge < -0.3 is 4.74 Å². The summed E-state index contributed by atoms with van der Waals surface area (Å²) in [6.45, 7) is 4.67. The van der Waals surface area contributed by atoms with Crippen molar-refractivity contribution >= 4 is 11.8 Å². The number of aromatic nitrogens is 3. The molecule has 0 atom stereocenters. The highest BCUT2D eigenvalue weighted by Gasteiger charge is 2.10. The molecule has 23 heavy (non-hydrogen) atoms. The van der Waals surface area contributed by atoms with E-state index < -0.39 is 0 Å². The highest BCUT2D eigenvalue weighted by Crippen LogP contribution is 2.21. The van der Waals surface area contributed by atoms with E-state index in [0.29, 0.717) is 6.61 Å². The molecule has 0 spiro atoms. The smallest absolute Gasteiger partial charge is 0.195 e. The van der Waals surface area contributed by atoms with Crippen LogP contribution in [-0.2, 0) is 0 Å². The van der Waals surface area contributed by atoms with Crippen LogP contribution in [0.3, 0.4) is 0 Å². The van der Waals surface area contributed by atoms with Crippen molar-refractivity contribution in [2.75, 3.05) is 12.4 Å². The van der Waals surface area contributed by atoms with Gasteiger partial charge in [-0.2, -0.15) is 0 Å². The van der Waals surface area contributed by atoms with Gasteiger partial charge in [0.1, 0.15) is 11.6 Å². The Balaban J connectivity index is 1.60. The van der Waals surface area contributed by atoms with Crippen LogP contribution in [-0.4, -0.2) is 27.1 Å². The number of hydrogen-bond acceptors (Lipinski definition) is 4. The summed E-state index contributed by atoms with van der Waals surface area (Å²) >= 11 is 1.65. The minimum Gasteiger partial charge on any atom is -0.493 e. The molecule has 0 aliphatic carbocycles. The van der Waals surface area contributed by atoms with Crippen LogP contribution in [0, 0.1) is 13.8 Å². The first-order chi connectivity index (χ1) is 11.2. The number of benzene rings is 2. The van der Waals surface area contributed by atoms with Crippen LogP contribution >= 0.6 is 11.8 Å². The summed E-state index contributed by atoms with van der Waals surface area (Å²) in [4.78, 5) is 0. The summed E-state index contributed by atoms with van der Waals surface area (Å²) in [6, 6.07) is 18.3. The van der Waals surface area contributed by atoms with E-state index >= 15 is 0 Å². The first-order valence-electron chi connectivity index (χ1n) is 7.54. The molecule has 0 N–H and O–H groups in total. The third-order valence-electron chi connectivity index (χ3n) is 3.41. The molecule has 4 nitrogen and oxygen atoms in total. The summed E-state index contributed by atoms with van der Waals surface area (Å²) in [7, 11) is 0. The molecule has 0 radical (unpaired) electrons. The van der Waals surface area contributed by atoms with E-state index in [4.69, 9.17) is 4.74 Å². The van der Waals surface area contributed by atoms with Crippen molar-refractivity contribution in [1.82, 2.24) is 14.8 Å². The topological polar surface area (TPSA) is 39.9 Å². The van der Waals surface area contributed by atoms with E-state index in [1.54, 1.807) is 11.8 Å². The monoisotopic (exact) mass is 325 g/mol. The fraction of sp³-hybridized carbons (Fsp3) is 0.222. The Morgan fingerprint density at radius 1 is 0.957 bits per heavy atom. The zero-order valence-electron chi connectivity index (χ0n) is 13.3. The summed E-state index contributed by atoms with van der Waals surface area (Å²) < 4.78 is 7.82. The van der Waals surface area contributed by atoms with Crippen LogP contribution in [0.1, 0.15) is 11.4 Å². The Morgan fingerprint density at radius 3 is 2.43 bits per heavy atom. The molecule has 3 rings (SSSR count). The van der Waals surface area contributed by atoms with Gasteiger partial charge in [-0.15, -0.1) is 10.2 Å². The molecule has 0 aliphatic rings. The molecule has 0 fully saturated rings. The lowest BCUT2D eigenvalue weighted by molar-refractivity contribution is 0.344. The van der Waals surface area contributed by atoms with Gasteiger partial charge in [-0.05, 0) is 38.1 Å². The Bertz CT molecular complexity index is 754. The number of ether oxygens (including phenoxy) is 1. The number of nitrogens with zero attached hydrogens (tertiary/aromatic N) is 3. The van der Waals surface area contributed by atoms with Crippen molar-refractivity contribution in [3.05, 3.63) is 66.0 Å². The van der Waals surface area contributed by atoms with E-state index in [1.807, 2.05) is 37.3 Å². The lowest BCUT2D eigenvalue weighted by Crippen LogP contribution is -2.03. The summed E-state index contributed by atoms with van der Waals surface area (Å²) in [6.07, 6.45) is 0. The number of para-hydroxylation sites is 1. The van der Waals surface area contributed by atoms with Crippen molar-refractivity contribution in [2.45, 2.75) is 19.0 Å². The van der Waals surface area contributed by atoms with Gasteiger partial charge in [0.25, 0.3) is 0 Å². The number of thioether (sulfide) groups is 1. The van der Waals surface area contributed by atoms with Crippen molar-refractivity contribution in [3.8, 4) is 11.4 Å². The van der Waals surface area contributed by atoms with Crippen LogP contribution in [0.4, 0.5) is 0 Å². The van der Waals surface area contributed by atoms with Gasteiger partial charge in [0.05, 0.1) is 6.61 Å². The van der Waals surface area contributed by atoms with Crippen molar-refractivity contribution in [2.24, 2.45) is 0 Å². The van der Waals surface area contributed by atoms with Gasteiger partial charge in [0, 0.05) is 11.4 Å². The molecule has 2 aromatic carbocycles. The molecule has 1 heterocycles. The molecule has 118 valence electrons. The molecule has 0 aliphatic heterocycles. The number of rotatable bonds is 6. The molecule has 0 saturated carbocycles. The highest BCUT2D eigenvalue weighted by atomic mass is 32.2. The Labute approximate surface area is 140 Å². The second kappa shape index (κ2) is 7.33. The third-order valence-corrected chi connectivity index (χ3v) is 4.31. The normalized spacial score (nSPS) is 10.7. The molecule has 0 amide bonds. The maximum atomic E-state index is 5.76. The second-order valence-corrected chi connectivity index (χ2v) is 6.27. The predicted octanol–water partition coefficient (Wildman–Crippen LogP) is 4.06. The molecular weight excluding hydrogens is 306 g/mol. The fourth-order valence-corrected chi connectivity index (χ4v) is 3.05. The Hall–Kier alpha value is -2.27. The summed E-state index contributed by atoms with van der Waals surface area (Å²) in [5.41, 5.74) is 2.31. The Morgan fingerprint density at radius 2 is 1.70 bits per heavy atom. The Kier molecular flexibility index (Phi) is 4.98. The van der Waals surface area contributed by atoms with E-state index in [1.165, 1.54) is 5.56 Å². The van der Waals surface area contributed by atoms with Gasteiger partial charge in [-0.1, -0.05) is 47.7 Å². The minimum absolute atomic E-state index is 0.633. The van der Waals surface area contributed by atoms with Crippen LogP contribution in [0.2, 0.25) is 0 Å². The molecular formula is C18H19N3OS. The van der Waals surface area contributed by atoms with Gasteiger partial charge in [0.2, 0.25) is 0 Å². The van der Waals surface area contributed by atoms with E-state index in [2.05, 4.69) is 46.0 Å². The zero-order valence-corrected chi connectivity index (χ0v) is 14.1. The average molecular weight is 325 g/mol. The van der Waals surface area contributed by atoms with Gasteiger partial charge in [-0.3, -0.25) is 4.57 Å².